The number of benzene rings is 2. The maximum absolute atomic E-state index is 9.41. The van der Waals surface area contributed by atoms with Crippen molar-refractivity contribution in [1.82, 2.24) is 19.9 Å². The summed E-state index contributed by atoms with van der Waals surface area (Å²) in [5.41, 5.74) is 3.64. The molecule has 0 saturated heterocycles. The van der Waals surface area contributed by atoms with Crippen LogP contribution in [-0.4, -0.2) is 81.5 Å². The number of aromatic nitrogens is 4. The van der Waals surface area contributed by atoms with Crippen LogP contribution < -0.4 is 18.9 Å². The molecule has 2 heterocycles. The summed E-state index contributed by atoms with van der Waals surface area (Å²) in [5, 5.41) is 28.2. The molecule has 2 aromatic heterocycles. The van der Waals surface area contributed by atoms with E-state index < -0.39 is 0 Å². The number of hydrogen-bond acceptors (Lipinski definition) is 11. The molecule has 0 unspecified atom stereocenters. The van der Waals surface area contributed by atoms with Crippen molar-refractivity contribution >= 4 is 0 Å². The highest BCUT2D eigenvalue weighted by Crippen LogP contribution is 2.66. The van der Waals surface area contributed by atoms with Crippen LogP contribution >= 0.6 is 0 Å². The van der Waals surface area contributed by atoms with Gasteiger partial charge in [-0.3, -0.25) is 0 Å². The summed E-state index contributed by atoms with van der Waals surface area (Å²) in [6, 6.07) is 24.3. The molecule has 0 amide bonds. The first-order valence-corrected chi connectivity index (χ1v) is 14.9. The molecule has 2 atom stereocenters. The zero-order chi connectivity index (χ0) is 30.7. The smallest absolute Gasteiger partial charge is 0.320 e. The van der Waals surface area contributed by atoms with E-state index in [0.29, 0.717) is 18.2 Å². The van der Waals surface area contributed by atoms with Crippen LogP contribution in [0.3, 0.4) is 0 Å². The van der Waals surface area contributed by atoms with Gasteiger partial charge in [-0.05, 0) is 17.5 Å². The maximum Gasteiger partial charge on any atom is 0.320 e. The summed E-state index contributed by atoms with van der Waals surface area (Å²) in [5.74, 6) is 0.138. The molecule has 11 heteroatoms. The van der Waals surface area contributed by atoms with E-state index in [-0.39, 0.29) is 81.2 Å². The molecule has 2 aromatic carbocycles. The van der Waals surface area contributed by atoms with Gasteiger partial charge in [0.25, 0.3) is 0 Å². The molecule has 44 heavy (non-hydrogen) atoms. The molecule has 5 rings (SSSR count). The first-order valence-electron chi connectivity index (χ1n) is 14.9. The lowest BCUT2D eigenvalue weighted by atomic mass is 9.50. The maximum atomic E-state index is 9.41. The van der Waals surface area contributed by atoms with Gasteiger partial charge in [0.05, 0.1) is 37.8 Å². The van der Waals surface area contributed by atoms with Crippen LogP contribution in [0.5, 0.6) is 23.8 Å². The second kappa shape index (κ2) is 15.4. The van der Waals surface area contributed by atoms with Gasteiger partial charge >= 0.3 is 12.0 Å². The SMILES string of the molecule is CCCOc1nc(OCCO)cc([C@H]2[C@@H](c3ccccc3)[C@@H](c3cc(OCCO)nc(OCCO)n3)[C@@H]2c2ccccc2)n1. The van der Waals surface area contributed by atoms with E-state index in [1.807, 2.05) is 49.4 Å². The predicted molar refractivity (Wildman–Crippen MR) is 161 cm³/mol. The Morgan fingerprint density at radius 3 is 1.34 bits per heavy atom. The molecule has 0 aliphatic heterocycles. The van der Waals surface area contributed by atoms with Gasteiger partial charge in [-0.15, -0.1) is 0 Å². The van der Waals surface area contributed by atoms with E-state index in [4.69, 9.17) is 28.9 Å². The van der Waals surface area contributed by atoms with Crippen LogP contribution in [0.1, 0.15) is 59.5 Å². The van der Waals surface area contributed by atoms with E-state index in [2.05, 4.69) is 34.2 Å². The lowest BCUT2D eigenvalue weighted by Gasteiger charge is -2.52. The molecule has 3 N–H and O–H groups in total. The number of aliphatic hydroxyl groups is 3. The third-order valence-electron chi connectivity index (χ3n) is 7.44. The number of hydrogen-bond donors (Lipinski definition) is 3. The molecule has 0 spiro atoms. The quantitative estimate of drug-likeness (QED) is 0.173. The van der Waals surface area contributed by atoms with Gasteiger partial charge in [0.2, 0.25) is 11.8 Å². The van der Waals surface area contributed by atoms with Crippen LogP contribution in [0.15, 0.2) is 72.8 Å². The summed E-state index contributed by atoms with van der Waals surface area (Å²) in [4.78, 5) is 18.5. The average molecular weight is 603 g/mol. The van der Waals surface area contributed by atoms with Crippen molar-refractivity contribution in [2.24, 2.45) is 0 Å². The standard InChI is InChI=1S/C33H38N4O7/c1-2-16-43-32-34-24(20-26(36-32)41-17-13-38)30-28(22-9-5-3-6-10-22)31(29(30)23-11-7-4-8-12-23)25-21-27(42-18-14-39)37-33(35-25)44-19-15-40/h3-12,20-21,28-31,38-40H,2,13-19H2,1H3/t28-,29-,30-,31+/m1/s1. The summed E-state index contributed by atoms with van der Waals surface area (Å²) >= 11 is 0. The van der Waals surface area contributed by atoms with Crippen molar-refractivity contribution < 1.29 is 34.3 Å². The topological polar surface area (TPSA) is 149 Å². The van der Waals surface area contributed by atoms with Crippen LogP contribution in [-0.2, 0) is 0 Å². The van der Waals surface area contributed by atoms with Crippen molar-refractivity contribution in [3.05, 3.63) is 95.3 Å². The number of rotatable bonds is 16. The monoisotopic (exact) mass is 602 g/mol. The third-order valence-corrected chi connectivity index (χ3v) is 7.44. The Kier molecular flexibility index (Phi) is 10.9. The Hall–Kier alpha value is -4.32. The highest BCUT2D eigenvalue weighted by Gasteiger charge is 2.54. The Morgan fingerprint density at radius 2 is 0.932 bits per heavy atom. The minimum atomic E-state index is -0.192. The van der Waals surface area contributed by atoms with Crippen molar-refractivity contribution in [1.29, 1.82) is 0 Å². The summed E-state index contributed by atoms with van der Waals surface area (Å²) in [6.45, 7) is 2.13. The molecule has 1 saturated carbocycles. The van der Waals surface area contributed by atoms with Gasteiger partial charge in [-0.1, -0.05) is 67.6 Å². The summed E-state index contributed by atoms with van der Waals surface area (Å²) in [6.07, 6.45) is 0.792. The fraction of sp³-hybridized carbons (Fsp3) is 0.394. The minimum Gasteiger partial charge on any atom is -0.475 e. The number of ether oxygens (including phenoxy) is 4. The fourth-order valence-electron chi connectivity index (χ4n) is 5.75. The molecule has 232 valence electrons. The van der Waals surface area contributed by atoms with E-state index in [0.717, 1.165) is 23.2 Å². The number of aliphatic hydroxyl groups excluding tert-OH is 3. The van der Waals surface area contributed by atoms with Crippen LogP contribution in [0.25, 0.3) is 0 Å². The summed E-state index contributed by atoms with van der Waals surface area (Å²) < 4.78 is 23.0. The van der Waals surface area contributed by atoms with E-state index in [1.165, 1.54) is 0 Å². The second-order valence-corrected chi connectivity index (χ2v) is 10.3. The minimum absolute atomic E-state index is 0.0263. The summed E-state index contributed by atoms with van der Waals surface area (Å²) in [7, 11) is 0. The Bertz CT molecular complexity index is 1290. The van der Waals surface area contributed by atoms with Gasteiger partial charge in [0.15, 0.2) is 0 Å². The van der Waals surface area contributed by atoms with Crippen LogP contribution in [0.4, 0.5) is 0 Å². The van der Waals surface area contributed by atoms with Gasteiger partial charge in [0, 0.05) is 35.8 Å². The molecule has 1 fully saturated rings. The fourth-order valence-corrected chi connectivity index (χ4v) is 5.75. The molecule has 4 aromatic rings. The van der Waals surface area contributed by atoms with E-state index in [9.17, 15) is 15.3 Å². The van der Waals surface area contributed by atoms with Gasteiger partial charge in [-0.25, -0.2) is 0 Å². The van der Waals surface area contributed by atoms with Gasteiger partial charge in [0.1, 0.15) is 19.8 Å². The molecule has 11 nitrogen and oxygen atoms in total. The Labute approximate surface area is 256 Å². The average Bonchev–Trinajstić information content (AvgIpc) is 3.05. The van der Waals surface area contributed by atoms with Crippen molar-refractivity contribution in [2.45, 2.75) is 37.0 Å². The predicted octanol–water partition coefficient (Wildman–Crippen LogP) is 3.62. The van der Waals surface area contributed by atoms with Crippen molar-refractivity contribution in [3.63, 3.8) is 0 Å². The molecular weight excluding hydrogens is 564 g/mol. The zero-order valence-electron chi connectivity index (χ0n) is 24.7. The molecule has 1 aliphatic carbocycles. The Morgan fingerprint density at radius 1 is 0.523 bits per heavy atom. The largest absolute Gasteiger partial charge is 0.475 e. The Balaban J connectivity index is 1.67. The van der Waals surface area contributed by atoms with Gasteiger partial charge in [-0.2, -0.15) is 19.9 Å². The van der Waals surface area contributed by atoms with Crippen molar-refractivity contribution in [3.8, 4) is 23.8 Å². The zero-order valence-corrected chi connectivity index (χ0v) is 24.7. The normalized spacial score (nSPS) is 19.2. The van der Waals surface area contributed by atoms with E-state index >= 15 is 0 Å². The van der Waals surface area contributed by atoms with Gasteiger partial charge < -0.3 is 34.3 Å². The first kappa shape index (κ1) is 31.1. The number of nitrogens with zero attached hydrogens (tertiary/aromatic N) is 4. The third kappa shape index (κ3) is 7.24. The lowest BCUT2D eigenvalue weighted by Crippen LogP contribution is -2.41. The molecule has 0 radical (unpaired) electrons. The molecular formula is C33H38N4O7. The molecule has 0 bridgehead atoms. The lowest BCUT2D eigenvalue weighted by molar-refractivity contribution is 0.175. The van der Waals surface area contributed by atoms with Crippen molar-refractivity contribution in [2.75, 3.05) is 46.2 Å². The van der Waals surface area contributed by atoms with E-state index in [1.54, 1.807) is 6.07 Å². The van der Waals surface area contributed by atoms with Crippen LogP contribution in [0, 0.1) is 0 Å². The second-order valence-electron chi connectivity index (χ2n) is 10.3. The first-order chi connectivity index (χ1) is 21.7. The molecule has 1 aliphatic rings. The highest BCUT2D eigenvalue weighted by atomic mass is 16.5. The highest BCUT2D eigenvalue weighted by molar-refractivity contribution is 5.47. The van der Waals surface area contributed by atoms with Crippen LogP contribution in [0.2, 0.25) is 0 Å².